The van der Waals surface area contributed by atoms with Crippen molar-refractivity contribution < 1.29 is 18.0 Å². The molecule has 1 aromatic heterocycles. The standard InChI is InChI=1S/C12H17N3O4S2/c1-10(16)14-4-6-15(7-5-14)11(17)9-13-21(18,19)12-3-2-8-20-12/h2-3,8,13H,4-7,9H2,1H3. The summed E-state index contributed by atoms with van der Waals surface area (Å²) in [6.45, 7) is 3.06. The molecular formula is C12H17N3O4S2. The van der Waals surface area contributed by atoms with Gasteiger partial charge >= 0.3 is 0 Å². The highest BCUT2D eigenvalue weighted by Gasteiger charge is 2.24. The van der Waals surface area contributed by atoms with Crippen molar-refractivity contribution in [3.05, 3.63) is 17.5 Å². The Morgan fingerprint density at radius 2 is 1.86 bits per heavy atom. The Hall–Kier alpha value is -1.45. The fourth-order valence-corrected chi connectivity index (χ4v) is 4.04. The quantitative estimate of drug-likeness (QED) is 0.822. The third kappa shape index (κ3) is 4.02. The molecule has 0 radical (unpaired) electrons. The molecule has 7 nitrogen and oxygen atoms in total. The summed E-state index contributed by atoms with van der Waals surface area (Å²) >= 11 is 1.10. The number of rotatable bonds is 4. The van der Waals surface area contributed by atoms with E-state index >= 15 is 0 Å². The number of carbonyl (C=O) groups is 2. The van der Waals surface area contributed by atoms with Crippen molar-refractivity contribution in [2.75, 3.05) is 32.7 Å². The first-order valence-electron chi connectivity index (χ1n) is 6.46. The van der Waals surface area contributed by atoms with Gasteiger partial charge in [-0.2, -0.15) is 0 Å². The number of thiophene rings is 1. The van der Waals surface area contributed by atoms with Crippen LogP contribution in [0.5, 0.6) is 0 Å². The highest BCUT2D eigenvalue weighted by Crippen LogP contribution is 2.15. The number of hydrogen-bond donors (Lipinski definition) is 1. The Morgan fingerprint density at radius 1 is 1.24 bits per heavy atom. The topological polar surface area (TPSA) is 86.8 Å². The molecule has 116 valence electrons. The average molecular weight is 331 g/mol. The molecule has 9 heteroatoms. The van der Waals surface area contributed by atoms with Crippen LogP contribution in [0.15, 0.2) is 21.7 Å². The summed E-state index contributed by atoms with van der Waals surface area (Å²) in [5.74, 6) is -0.293. The molecule has 1 aliphatic heterocycles. The number of sulfonamides is 1. The maximum atomic E-state index is 12.0. The van der Waals surface area contributed by atoms with Gasteiger partial charge in [-0.3, -0.25) is 9.59 Å². The second-order valence-corrected chi connectivity index (χ2v) is 7.58. The smallest absolute Gasteiger partial charge is 0.250 e. The molecule has 0 saturated carbocycles. The van der Waals surface area contributed by atoms with E-state index in [1.807, 2.05) is 0 Å². The zero-order valence-corrected chi connectivity index (χ0v) is 13.2. The van der Waals surface area contributed by atoms with Crippen LogP contribution < -0.4 is 4.72 Å². The lowest BCUT2D eigenvalue weighted by atomic mass is 10.3. The molecule has 1 aromatic rings. The van der Waals surface area contributed by atoms with E-state index in [0.29, 0.717) is 26.2 Å². The lowest BCUT2D eigenvalue weighted by Crippen LogP contribution is -2.52. The molecule has 1 N–H and O–H groups in total. The third-order valence-corrected chi connectivity index (χ3v) is 6.05. The summed E-state index contributed by atoms with van der Waals surface area (Å²) in [6.07, 6.45) is 0. The SMILES string of the molecule is CC(=O)N1CCN(C(=O)CNS(=O)(=O)c2cccs2)CC1. The van der Waals surface area contributed by atoms with Crippen molar-refractivity contribution in [2.24, 2.45) is 0 Å². The normalized spacial score (nSPS) is 16.0. The summed E-state index contributed by atoms with van der Waals surface area (Å²) in [5, 5.41) is 1.66. The Balaban J connectivity index is 1.85. The van der Waals surface area contributed by atoms with Crippen LogP contribution in [0.4, 0.5) is 0 Å². The number of piperazine rings is 1. The Bertz CT molecular complexity index is 604. The van der Waals surface area contributed by atoms with E-state index in [1.54, 1.807) is 21.2 Å². The Morgan fingerprint density at radius 3 is 2.38 bits per heavy atom. The van der Waals surface area contributed by atoms with Gasteiger partial charge in [0.1, 0.15) is 4.21 Å². The monoisotopic (exact) mass is 331 g/mol. The molecule has 0 aliphatic carbocycles. The van der Waals surface area contributed by atoms with E-state index < -0.39 is 10.0 Å². The van der Waals surface area contributed by atoms with Crippen LogP contribution in [-0.2, 0) is 19.6 Å². The Kier molecular flexibility index (Phi) is 4.96. The molecule has 0 atom stereocenters. The van der Waals surface area contributed by atoms with Crippen molar-refractivity contribution in [3.63, 3.8) is 0 Å². The van der Waals surface area contributed by atoms with Crippen molar-refractivity contribution in [2.45, 2.75) is 11.1 Å². The van der Waals surface area contributed by atoms with E-state index in [1.165, 1.54) is 13.0 Å². The van der Waals surface area contributed by atoms with Crippen LogP contribution in [0.3, 0.4) is 0 Å². The van der Waals surface area contributed by atoms with Gasteiger partial charge in [-0.1, -0.05) is 6.07 Å². The van der Waals surface area contributed by atoms with Gasteiger partial charge < -0.3 is 9.80 Å². The second kappa shape index (κ2) is 6.54. The first kappa shape index (κ1) is 15.9. The van der Waals surface area contributed by atoms with Gasteiger partial charge in [0.05, 0.1) is 6.54 Å². The van der Waals surface area contributed by atoms with E-state index in [2.05, 4.69) is 4.72 Å². The number of amides is 2. The van der Waals surface area contributed by atoms with Crippen LogP contribution in [-0.4, -0.2) is 62.8 Å². The summed E-state index contributed by atoms with van der Waals surface area (Å²) < 4.78 is 26.3. The van der Waals surface area contributed by atoms with E-state index in [9.17, 15) is 18.0 Å². The molecule has 0 aromatic carbocycles. The number of carbonyl (C=O) groups excluding carboxylic acids is 2. The molecule has 1 aliphatic rings. The first-order chi connectivity index (χ1) is 9.90. The van der Waals surface area contributed by atoms with E-state index in [-0.39, 0.29) is 22.6 Å². The molecule has 21 heavy (non-hydrogen) atoms. The van der Waals surface area contributed by atoms with Gasteiger partial charge in [-0.15, -0.1) is 11.3 Å². The first-order valence-corrected chi connectivity index (χ1v) is 8.83. The largest absolute Gasteiger partial charge is 0.339 e. The van der Waals surface area contributed by atoms with E-state index in [4.69, 9.17) is 0 Å². The van der Waals surface area contributed by atoms with Crippen LogP contribution >= 0.6 is 11.3 Å². The van der Waals surface area contributed by atoms with Gasteiger partial charge in [0.15, 0.2) is 0 Å². The fourth-order valence-electron chi connectivity index (χ4n) is 2.03. The summed E-state index contributed by atoms with van der Waals surface area (Å²) in [7, 11) is -3.62. The summed E-state index contributed by atoms with van der Waals surface area (Å²) in [4.78, 5) is 26.4. The molecule has 2 heterocycles. The number of nitrogens with zero attached hydrogens (tertiary/aromatic N) is 2. The zero-order chi connectivity index (χ0) is 15.5. The molecule has 2 amide bonds. The predicted molar refractivity (Wildman–Crippen MR) is 78.3 cm³/mol. The van der Waals surface area contributed by atoms with Gasteiger partial charge in [0.2, 0.25) is 11.8 Å². The molecule has 0 unspecified atom stereocenters. The van der Waals surface area contributed by atoms with Crippen molar-refractivity contribution in [3.8, 4) is 0 Å². The minimum absolute atomic E-state index is 0.0134. The van der Waals surface area contributed by atoms with Crippen LogP contribution in [0.2, 0.25) is 0 Å². The van der Waals surface area contributed by atoms with Crippen LogP contribution in [0.1, 0.15) is 6.92 Å². The lowest BCUT2D eigenvalue weighted by Gasteiger charge is -2.34. The van der Waals surface area contributed by atoms with Gasteiger partial charge in [-0.25, -0.2) is 13.1 Å². The molecule has 1 saturated heterocycles. The van der Waals surface area contributed by atoms with Crippen molar-refractivity contribution in [1.82, 2.24) is 14.5 Å². The van der Waals surface area contributed by atoms with Gasteiger partial charge in [0.25, 0.3) is 10.0 Å². The van der Waals surface area contributed by atoms with Gasteiger partial charge in [0, 0.05) is 33.1 Å². The summed E-state index contributed by atoms with van der Waals surface area (Å²) in [5.41, 5.74) is 0. The van der Waals surface area contributed by atoms with Crippen molar-refractivity contribution >= 4 is 33.2 Å². The average Bonchev–Trinajstić information content (AvgIpc) is 3.00. The number of nitrogens with one attached hydrogen (secondary N) is 1. The van der Waals surface area contributed by atoms with E-state index in [0.717, 1.165) is 11.3 Å². The zero-order valence-electron chi connectivity index (χ0n) is 11.6. The maximum Gasteiger partial charge on any atom is 0.250 e. The minimum Gasteiger partial charge on any atom is -0.339 e. The predicted octanol–water partition coefficient (Wildman–Crippen LogP) is -0.283. The highest BCUT2D eigenvalue weighted by atomic mass is 32.2. The maximum absolute atomic E-state index is 12.0. The van der Waals surface area contributed by atoms with Gasteiger partial charge in [-0.05, 0) is 11.4 Å². The molecule has 0 bridgehead atoms. The Labute approximate surface area is 127 Å². The molecule has 2 rings (SSSR count). The summed E-state index contributed by atoms with van der Waals surface area (Å²) in [6, 6.07) is 3.13. The van der Waals surface area contributed by atoms with Crippen LogP contribution in [0, 0.1) is 0 Å². The highest BCUT2D eigenvalue weighted by molar-refractivity contribution is 7.91. The molecule has 0 spiro atoms. The van der Waals surface area contributed by atoms with Crippen molar-refractivity contribution in [1.29, 1.82) is 0 Å². The molecule has 1 fully saturated rings. The number of hydrogen-bond acceptors (Lipinski definition) is 5. The van der Waals surface area contributed by atoms with Crippen LogP contribution in [0.25, 0.3) is 0 Å². The lowest BCUT2D eigenvalue weighted by molar-refractivity contribution is -0.137. The third-order valence-electron chi connectivity index (χ3n) is 3.25. The minimum atomic E-state index is -3.62. The second-order valence-electron chi connectivity index (χ2n) is 4.64. The molecular weight excluding hydrogens is 314 g/mol. The fraction of sp³-hybridized carbons (Fsp3) is 0.500.